The Kier molecular flexibility index (Phi) is 5.40. The predicted molar refractivity (Wildman–Crippen MR) is 103 cm³/mol. The number of aromatic nitrogens is 3. The predicted octanol–water partition coefficient (Wildman–Crippen LogP) is 3.32. The molecule has 2 heterocycles. The average molecular weight is 374 g/mol. The SMILES string of the molecule is CCc1cccc(C)c1NC(=O)CSc1nnc(-c2cccs2)n1N. The van der Waals surface area contributed by atoms with Gasteiger partial charge in [0.05, 0.1) is 10.6 Å². The van der Waals surface area contributed by atoms with Gasteiger partial charge in [-0.2, -0.15) is 0 Å². The molecular formula is C17H19N5OS2. The molecule has 0 aliphatic carbocycles. The van der Waals surface area contributed by atoms with E-state index in [2.05, 4.69) is 22.4 Å². The molecule has 0 radical (unpaired) electrons. The molecular weight excluding hydrogens is 354 g/mol. The number of nitrogens with zero attached hydrogens (tertiary/aromatic N) is 3. The molecule has 0 saturated carbocycles. The Bertz CT molecular complexity index is 873. The van der Waals surface area contributed by atoms with Crippen LogP contribution in [0.2, 0.25) is 0 Å². The molecule has 0 atom stereocenters. The quantitative estimate of drug-likeness (QED) is 0.511. The smallest absolute Gasteiger partial charge is 0.234 e. The molecule has 3 aromatic rings. The number of nitrogens with two attached hydrogens (primary N) is 1. The van der Waals surface area contributed by atoms with E-state index in [-0.39, 0.29) is 11.7 Å². The number of hydrogen-bond donors (Lipinski definition) is 2. The average Bonchev–Trinajstić information content (AvgIpc) is 3.24. The van der Waals surface area contributed by atoms with Crippen LogP contribution in [0.15, 0.2) is 40.9 Å². The van der Waals surface area contributed by atoms with E-state index in [1.807, 2.05) is 42.6 Å². The summed E-state index contributed by atoms with van der Waals surface area (Å²) in [5.74, 6) is 6.78. The van der Waals surface area contributed by atoms with Crippen LogP contribution in [0.3, 0.4) is 0 Å². The van der Waals surface area contributed by atoms with Crippen molar-refractivity contribution in [3.63, 3.8) is 0 Å². The molecule has 2 aromatic heterocycles. The molecule has 0 saturated heterocycles. The molecule has 0 bridgehead atoms. The fraction of sp³-hybridized carbons (Fsp3) is 0.235. The van der Waals surface area contributed by atoms with E-state index in [1.54, 1.807) is 11.3 Å². The number of benzene rings is 1. The molecule has 1 amide bonds. The van der Waals surface area contributed by atoms with Crippen LogP contribution in [-0.2, 0) is 11.2 Å². The van der Waals surface area contributed by atoms with Crippen molar-refractivity contribution in [1.29, 1.82) is 0 Å². The maximum atomic E-state index is 12.3. The van der Waals surface area contributed by atoms with Gasteiger partial charge in [0, 0.05) is 5.69 Å². The van der Waals surface area contributed by atoms with Crippen LogP contribution >= 0.6 is 23.1 Å². The first-order valence-corrected chi connectivity index (χ1v) is 9.72. The molecule has 0 unspecified atom stereocenters. The van der Waals surface area contributed by atoms with Gasteiger partial charge in [0.1, 0.15) is 0 Å². The van der Waals surface area contributed by atoms with Gasteiger partial charge in [0.2, 0.25) is 11.1 Å². The Morgan fingerprint density at radius 1 is 1.32 bits per heavy atom. The van der Waals surface area contributed by atoms with Gasteiger partial charge in [0.15, 0.2) is 5.82 Å². The van der Waals surface area contributed by atoms with Crippen LogP contribution < -0.4 is 11.2 Å². The molecule has 3 N–H and O–H groups in total. The number of thioether (sulfide) groups is 1. The van der Waals surface area contributed by atoms with Crippen LogP contribution in [0.1, 0.15) is 18.1 Å². The largest absolute Gasteiger partial charge is 0.335 e. The second-order valence-electron chi connectivity index (χ2n) is 5.45. The Hall–Kier alpha value is -2.32. The molecule has 0 aliphatic rings. The first kappa shape index (κ1) is 17.5. The van der Waals surface area contributed by atoms with Gasteiger partial charge in [-0.05, 0) is 35.9 Å². The van der Waals surface area contributed by atoms with E-state index in [9.17, 15) is 4.79 Å². The maximum absolute atomic E-state index is 12.3. The van der Waals surface area contributed by atoms with Crippen molar-refractivity contribution in [3.8, 4) is 10.7 Å². The third-order valence-corrected chi connectivity index (χ3v) is 5.55. The lowest BCUT2D eigenvalue weighted by atomic mass is 10.1. The minimum atomic E-state index is -0.0883. The van der Waals surface area contributed by atoms with Gasteiger partial charge in [-0.15, -0.1) is 21.5 Å². The lowest BCUT2D eigenvalue weighted by Crippen LogP contribution is -2.17. The second kappa shape index (κ2) is 7.71. The molecule has 25 heavy (non-hydrogen) atoms. The van der Waals surface area contributed by atoms with Gasteiger partial charge in [-0.3, -0.25) is 4.79 Å². The topological polar surface area (TPSA) is 85.8 Å². The van der Waals surface area contributed by atoms with E-state index >= 15 is 0 Å². The summed E-state index contributed by atoms with van der Waals surface area (Å²) in [7, 11) is 0. The third-order valence-electron chi connectivity index (χ3n) is 3.74. The number of hydrogen-bond acceptors (Lipinski definition) is 6. The number of aryl methyl sites for hydroxylation is 2. The van der Waals surface area contributed by atoms with Crippen molar-refractivity contribution in [3.05, 3.63) is 46.8 Å². The second-order valence-corrected chi connectivity index (χ2v) is 7.34. The molecule has 8 heteroatoms. The van der Waals surface area contributed by atoms with Gasteiger partial charge in [0.25, 0.3) is 0 Å². The molecule has 0 spiro atoms. The minimum absolute atomic E-state index is 0.0883. The zero-order chi connectivity index (χ0) is 17.8. The molecule has 3 rings (SSSR count). The standard InChI is InChI=1S/C17H19N5OS2/c1-3-12-7-4-6-11(2)15(12)19-14(23)10-25-17-21-20-16(22(17)18)13-8-5-9-24-13/h4-9H,3,10,18H2,1-2H3,(H,19,23). The zero-order valence-corrected chi connectivity index (χ0v) is 15.7. The number of anilines is 1. The number of thiophene rings is 1. The monoisotopic (exact) mass is 373 g/mol. The summed E-state index contributed by atoms with van der Waals surface area (Å²) in [6, 6.07) is 9.89. The van der Waals surface area contributed by atoms with Crippen LogP contribution in [-0.4, -0.2) is 26.5 Å². The number of rotatable bonds is 6. The third kappa shape index (κ3) is 3.85. The van der Waals surface area contributed by atoms with Gasteiger partial charge in [-0.1, -0.05) is 43.0 Å². The highest BCUT2D eigenvalue weighted by molar-refractivity contribution is 7.99. The van der Waals surface area contributed by atoms with E-state index in [1.165, 1.54) is 16.4 Å². The molecule has 130 valence electrons. The van der Waals surface area contributed by atoms with Crippen LogP contribution in [0.25, 0.3) is 10.7 Å². The summed E-state index contributed by atoms with van der Waals surface area (Å²) < 4.78 is 1.43. The molecule has 6 nitrogen and oxygen atoms in total. The first-order valence-electron chi connectivity index (χ1n) is 7.85. The molecule has 1 aromatic carbocycles. The highest BCUT2D eigenvalue weighted by Gasteiger charge is 2.15. The number of carbonyl (C=O) groups excluding carboxylic acids is 1. The van der Waals surface area contributed by atoms with Crippen LogP contribution in [0.5, 0.6) is 0 Å². The highest BCUT2D eigenvalue weighted by atomic mass is 32.2. The van der Waals surface area contributed by atoms with E-state index in [0.717, 1.165) is 28.1 Å². The minimum Gasteiger partial charge on any atom is -0.335 e. The van der Waals surface area contributed by atoms with E-state index in [4.69, 9.17) is 5.84 Å². The van der Waals surface area contributed by atoms with Crippen molar-refractivity contribution < 1.29 is 4.79 Å². The Balaban J connectivity index is 1.66. The van der Waals surface area contributed by atoms with Gasteiger partial charge < -0.3 is 11.2 Å². The summed E-state index contributed by atoms with van der Waals surface area (Å²) >= 11 is 2.81. The summed E-state index contributed by atoms with van der Waals surface area (Å²) in [6.07, 6.45) is 0.867. The number of carbonyl (C=O) groups is 1. The number of para-hydroxylation sites is 1. The van der Waals surface area contributed by atoms with Crippen molar-refractivity contribution in [2.24, 2.45) is 0 Å². The first-order chi connectivity index (χ1) is 12.1. The normalized spacial score (nSPS) is 10.8. The number of amides is 1. The van der Waals surface area contributed by atoms with Gasteiger partial charge in [-0.25, -0.2) is 4.68 Å². The lowest BCUT2D eigenvalue weighted by Gasteiger charge is -2.12. The molecule has 0 fully saturated rings. The van der Waals surface area contributed by atoms with Crippen LogP contribution in [0.4, 0.5) is 5.69 Å². The maximum Gasteiger partial charge on any atom is 0.234 e. The van der Waals surface area contributed by atoms with Crippen molar-refractivity contribution in [2.75, 3.05) is 16.9 Å². The summed E-state index contributed by atoms with van der Waals surface area (Å²) in [5.41, 5.74) is 3.07. The van der Waals surface area contributed by atoms with E-state index in [0.29, 0.717) is 11.0 Å². The fourth-order valence-corrected chi connectivity index (χ4v) is 3.82. The summed E-state index contributed by atoms with van der Waals surface area (Å²) in [6.45, 7) is 4.06. The van der Waals surface area contributed by atoms with Crippen molar-refractivity contribution in [2.45, 2.75) is 25.4 Å². The van der Waals surface area contributed by atoms with E-state index < -0.39 is 0 Å². The van der Waals surface area contributed by atoms with Gasteiger partial charge >= 0.3 is 0 Å². The summed E-state index contributed by atoms with van der Waals surface area (Å²) in [4.78, 5) is 13.3. The Morgan fingerprint density at radius 2 is 2.16 bits per heavy atom. The van der Waals surface area contributed by atoms with Crippen LogP contribution in [0, 0.1) is 6.92 Å². The zero-order valence-electron chi connectivity index (χ0n) is 14.0. The molecule has 0 aliphatic heterocycles. The fourth-order valence-electron chi connectivity index (χ4n) is 2.46. The lowest BCUT2D eigenvalue weighted by molar-refractivity contribution is -0.113. The Morgan fingerprint density at radius 3 is 2.88 bits per heavy atom. The Labute approximate surface area is 154 Å². The van der Waals surface area contributed by atoms with Crippen molar-refractivity contribution in [1.82, 2.24) is 14.9 Å². The summed E-state index contributed by atoms with van der Waals surface area (Å²) in [5, 5.41) is 13.7. The number of nitrogen functional groups attached to an aromatic ring is 1. The highest BCUT2D eigenvalue weighted by Crippen LogP contribution is 2.26. The van der Waals surface area contributed by atoms with Crippen molar-refractivity contribution >= 4 is 34.7 Å². The number of nitrogens with one attached hydrogen (secondary N) is 1.